The molecule has 21 heavy (non-hydrogen) atoms. The number of halogens is 2. The van der Waals surface area contributed by atoms with E-state index in [4.69, 9.17) is 42.7 Å². The zero-order valence-corrected chi connectivity index (χ0v) is 12.5. The molecule has 0 aromatic heterocycles. The summed E-state index contributed by atoms with van der Waals surface area (Å²) in [5.74, 6) is 1.14. The van der Waals surface area contributed by atoms with E-state index in [1.807, 2.05) is 0 Å². The van der Waals surface area contributed by atoms with Crippen molar-refractivity contribution in [3.8, 4) is 11.5 Å². The van der Waals surface area contributed by atoms with Gasteiger partial charge in [-0.1, -0.05) is 35.3 Å². The minimum atomic E-state index is -1.51. The van der Waals surface area contributed by atoms with Crippen molar-refractivity contribution in [3.05, 3.63) is 52.5 Å². The van der Waals surface area contributed by atoms with Crippen LogP contribution < -0.4 is 14.9 Å². The largest absolute Gasteiger partial charge is 0.490 e. The highest BCUT2D eigenvalue weighted by molar-refractivity contribution is 6.58. The summed E-state index contributed by atoms with van der Waals surface area (Å²) >= 11 is 11.7. The predicted octanol–water partition coefficient (Wildman–Crippen LogP) is 2.13. The van der Waals surface area contributed by atoms with E-state index in [1.165, 1.54) is 0 Å². The van der Waals surface area contributed by atoms with E-state index in [1.54, 1.807) is 42.5 Å². The summed E-state index contributed by atoms with van der Waals surface area (Å²) in [5, 5.41) is 19.0. The standard InChI is InChI=1S/C14H13BCl2O4/c16-13-5-4-12(9-14(13)17)21-7-6-20-11-3-1-2-10(8-11)15(18)19/h1-5,8-9,18-19H,6-7H2. The lowest BCUT2D eigenvalue weighted by molar-refractivity contribution is 0.217. The maximum atomic E-state index is 9.07. The number of benzene rings is 2. The van der Waals surface area contributed by atoms with Crippen LogP contribution in [0.5, 0.6) is 11.5 Å². The topological polar surface area (TPSA) is 58.9 Å². The van der Waals surface area contributed by atoms with Crippen LogP contribution in [0.3, 0.4) is 0 Å². The van der Waals surface area contributed by atoms with Gasteiger partial charge in [0, 0.05) is 6.07 Å². The van der Waals surface area contributed by atoms with Gasteiger partial charge in [0.15, 0.2) is 0 Å². The Hall–Kier alpha value is -1.40. The quantitative estimate of drug-likeness (QED) is 0.630. The molecule has 0 radical (unpaired) electrons. The van der Waals surface area contributed by atoms with Gasteiger partial charge in [-0.05, 0) is 29.7 Å². The van der Waals surface area contributed by atoms with Crippen LogP contribution in [-0.2, 0) is 0 Å². The summed E-state index contributed by atoms with van der Waals surface area (Å²) in [4.78, 5) is 0. The summed E-state index contributed by atoms with van der Waals surface area (Å²) in [6.07, 6.45) is 0. The molecular weight excluding hydrogens is 314 g/mol. The van der Waals surface area contributed by atoms with Gasteiger partial charge in [-0.25, -0.2) is 0 Å². The van der Waals surface area contributed by atoms with E-state index in [9.17, 15) is 0 Å². The Morgan fingerprint density at radius 3 is 2.14 bits per heavy atom. The Bertz CT molecular complexity index is 607. The molecule has 2 aromatic carbocycles. The minimum Gasteiger partial charge on any atom is -0.490 e. The molecule has 0 bridgehead atoms. The minimum absolute atomic E-state index is 0.311. The van der Waals surface area contributed by atoms with Gasteiger partial charge in [0.2, 0.25) is 0 Å². The fourth-order valence-corrected chi connectivity index (χ4v) is 1.94. The van der Waals surface area contributed by atoms with Crippen LogP contribution in [0.4, 0.5) is 0 Å². The summed E-state index contributed by atoms with van der Waals surface area (Å²) in [7, 11) is -1.51. The smallest absolute Gasteiger partial charge is 0.488 e. The first-order chi connectivity index (χ1) is 10.1. The van der Waals surface area contributed by atoms with Gasteiger partial charge < -0.3 is 19.5 Å². The third kappa shape index (κ3) is 4.83. The monoisotopic (exact) mass is 326 g/mol. The predicted molar refractivity (Wildman–Crippen MR) is 83.7 cm³/mol. The lowest BCUT2D eigenvalue weighted by Crippen LogP contribution is -2.29. The van der Waals surface area contributed by atoms with Crippen LogP contribution in [0.2, 0.25) is 10.0 Å². The molecule has 0 aliphatic rings. The van der Waals surface area contributed by atoms with E-state index in [-0.39, 0.29) is 0 Å². The molecule has 4 nitrogen and oxygen atoms in total. The highest BCUT2D eigenvalue weighted by atomic mass is 35.5. The Labute approximate surface area is 133 Å². The highest BCUT2D eigenvalue weighted by Gasteiger charge is 2.10. The van der Waals surface area contributed by atoms with Gasteiger partial charge in [-0.15, -0.1) is 0 Å². The van der Waals surface area contributed by atoms with Gasteiger partial charge in [0.1, 0.15) is 24.7 Å². The number of hydrogen-bond acceptors (Lipinski definition) is 4. The number of hydrogen-bond donors (Lipinski definition) is 2. The molecule has 0 fully saturated rings. The molecule has 110 valence electrons. The molecule has 0 heterocycles. The fourth-order valence-electron chi connectivity index (χ4n) is 1.65. The molecule has 0 saturated heterocycles. The Morgan fingerprint density at radius 2 is 1.52 bits per heavy atom. The molecule has 0 atom stereocenters. The second-order valence-electron chi connectivity index (χ2n) is 4.22. The second-order valence-corrected chi connectivity index (χ2v) is 5.03. The first kappa shape index (κ1) is 16.0. The van der Waals surface area contributed by atoms with Crippen molar-refractivity contribution in [2.45, 2.75) is 0 Å². The van der Waals surface area contributed by atoms with Crippen LogP contribution in [-0.4, -0.2) is 30.4 Å². The molecule has 0 amide bonds. The van der Waals surface area contributed by atoms with E-state index in [0.717, 1.165) is 0 Å². The third-order valence-corrected chi connectivity index (χ3v) is 3.41. The first-order valence-corrected chi connectivity index (χ1v) is 6.98. The Morgan fingerprint density at radius 1 is 0.857 bits per heavy atom. The summed E-state index contributed by atoms with van der Waals surface area (Å²) in [6, 6.07) is 11.6. The van der Waals surface area contributed by atoms with Crippen molar-refractivity contribution in [3.63, 3.8) is 0 Å². The van der Waals surface area contributed by atoms with Crippen molar-refractivity contribution in [1.29, 1.82) is 0 Å². The first-order valence-electron chi connectivity index (χ1n) is 6.23. The molecule has 0 aliphatic heterocycles. The summed E-state index contributed by atoms with van der Waals surface area (Å²) < 4.78 is 10.9. The van der Waals surface area contributed by atoms with Crippen LogP contribution >= 0.6 is 23.2 Å². The van der Waals surface area contributed by atoms with Crippen LogP contribution in [0.15, 0.2) is 42.5 Å². The average molecular weight is 327 g/mol. The normalized spacial score (nSPS) is 10.3. The molecule has 0 unspecified atom stereocenters. The van der Waals surface area contributed by atoms with Crippen LogP contribution in [0.25, 0.3) is 0 Å². The third-order valence-electron chi connectivity index (χ3n) is 2.67. The summed E-state index contributed by atoms with van der Waals surface area (Å²) in [5.41, 5.74) is 0.373. The number of ether oxygens (including phenoxy) is 2. The van der Waals surface area contributed by atoms with Crippen molar-refractivity contribution < 1.29 is 19.5 Å². The second kappa shape index (κ2) is 7.57. The molecular formula is C14H13BCl2O4. The molecule has 0 spiro atoms. The van der Waals surface area contributed by atoms with Crippen molar-refractivity contribution >= 4 is 35.8 Å². The van der Waals surface area contributed by atoms with E-state index in [2.05, 4.69) is 0 Å². The van der Waals surface area contributed by atoms with Crippen molar-refractivity contribution in [1.82, 2.24) is 0 Å². The molecule has 2 rings (SSSR count). The zero-order chi connectivity index (χ0) is 15.2. The Kier molecular flexibility index (Phi) is 5.76. The van der Waals surface area contributed by atoms with Gasteiger partial charge in [-0.3, -0.25) is 0 Å². The zero-order valence-electron chi connectivity index (χ0n) is 11.0. The maximum absolute atomic E-state index is 9.07. The van der Waals surface area contributed by atoms with Gasteiger partial charge in [0.25, 0.3) is 0 Å². The van der Waals surface area contributed by atoms with Crippen molar-refractivity contribution in [2.75, 3.05) is 13.2 Å². The SMILES string of the molecule is OB(O)c1cccc(OCCOc2ccc(Cl)c(Cl)c2)c1. The van der Waals surface area contributed by atoms with Gasteiger partial charge in [-0.2, -0.15) is 0 Å². The highest BCUT2D eigenvalue weighted by Crippen LogP contribution is 2.26. The van der Waals surface area contributed by atoms with Crippen molar-refractivity contribution in [2.24, 2.45) is 0 Å². The summed E-state index contributed by atoms with van der Waals surface area (Å²) in [6.45, 7) is 0.634. The van der Waals surface area contributed by atoms with Gasteiger partial charge in [0.05, 0.1) is 10.0 Å². The lowest BCUT2D eigenvalue weighted by atomic mass is 9.80. The maximum Gasteiger partial charge on any atom is 0.488 e. The van der Waals surface area contributed by atoms with Gasteiger partial charge >= 0.3 is 7.12 Å². The molecule has 2 aromatic rings. The lowest BCUT2D eigenvalue weighted by Gasteiger charge is -2.10. The molecule has 0 saturated carbocycles. The van der Waals surface area contributed by atoms with Crippen LogP contribution in [0.1, 0.15) is 0 Å². The molecule has 0 aliphatic carbocycles. The molecule has 7 heteroatoms. The average Bonchev–Trinajstić information content (AvgIpc) is 2.47. The Balaban J connectivity index is 1.81. The van der Waals surface area contributed by atoms with E-state index in [0.29, 0.717) is 40.2 Å². The fraction of sp³-hybridized carbons (Fsp3) is 0.143. The van der Waals surface area contributed by atoms with Crippen LogP contribution in [0, 0.1) is 0 Å². The van der Waals surface area contributed by atoms with E-state index >= 15 is 0 Å². The number of rotatable bonds is 6. The molecule has 2 N–H and O–H groups in total. The van der Waals surface area contributed by atoms with E-state index < -0.39 is 7.12 Å².